The van der Waals surface area contributed by atoms with Crippen molar-refractivity contribution in [2.45, 2.75) is 18.2 Å². The van der Waals surface area contributed by atoms with Gasteiger partial charge in [-0.15, -0.1) is 11.6 Å². The monoisotopic (exact) mass is 250 g/mol. The molecule has 0 aliphatic rings. The van der Waals surface area contributed by atoms with Crippen LogP contribution in [-0.2, 0) is 9.84 Å². The summed E-state index contributed by atoms with van der Waals surface area (Å²) in [6, 6.07) is 3.67. The zero-order valence-corrected chi connectivity index (χ0v) is 9.91. The number of halogens is 2. The van der Waals surface area contributed by atoms with Crippen LogP contribution in [0.5, 0.6) is 0 Å². The zero-order chi connectivity index (χ0) is 11.5. The molecule has 0 amide bonds. The summed E-state index contributed by atoms with van der Waals surface area (Å²) >= 11 is 5.44. The summed E-state index contributed by atoms with van der Waals surface area (Å²) in [5.41, 5.74) is 0.435. The Morgan fingerprint density at radius 1 is 1.40 bits per heavy atom. The molecule has 0 radical (unpaired) electrons. The van der Waals surface area contributed by atoms with Crippen molar-refractivity contribution in [2.24, 2.45) is 0 Å². The van der Waals surface area contributed by atoms with Crippen molar-refractivity contribution in [3.63, 3.8) is 0 Å². The summed E-state index contributed by atoms with van der Waals surface area (Å²) in [7, 11) is -3.32. The minimum absolute atomic E-state index is 0.00295. The molecular weight excluding hydrogens is 239 g/mol. The highest BCUT2D eigenvalue weighted by atomic mass is 35.5. The first-order valence-corrected chi connectivity index (χ1v) is 6.71. The summed E-state index contributed by atoms with van der Waals surface area (Å²) in [4.78, 5) is 0.189. The molecule has 15 heavy (non-hydrogen) atoms. The Kier molecular flexibility index (Phi) is 4.11. The topological polar surface area (TPSA) is 34.1 Å². The summed E-state index contributed by atoms with van der Waals surface area (Å²) in [6.07, 6.45) is 0.403. The molecule has 0 spiro atoms. The number of sulfone groups is 1. The minimum Gasteiger partial charge on any atom is -0.224 e. The van der Waals surface area contributed by atoms with Crippen molar-refractivity contribution < 1.29 is 12.8 Å². The van der Waals surface area contributed by atoms with Crippen LogP contribution in [0.25, 0.3) is 0 Å². The zero-order valence-electron chi connectivity index (χ0n) is 8.33. The molecule has 0 saturated carbocycles. The van der Waals surface area contributed by atoms with Crippen LogP contribution >= 0.6 is 11.6 Å². The van der Waals surface area contributed by atoms with Gasteiger partial charge in [-0.1, -0.05) is 0 Å². The number of aryl methyl sites for hydroxylation is 1. The molecule has 0 bridgehead atoms. The van der Waals surface area contributed by atoms with Crippen LogP contribution in [0.2, 0.25) is 0 Å². The lowest BCUT2D eigenvalue weighted by Gasteiger charge is -2.06. The van der Waals surface area contributed by atoms with Crippen LogP contribution in [0.1, 0.15) is 12.0 Å². The maximum Gasteiger partial charge on any atom is 0.178 e. The van der Waals surface area contributed by atoms with Crippen molar-refractivity contribution in [3.8, 4) is 0 Å². The third-order valence-electron chi connectivity index (χ3n) is 2.02. The van der Waals surface area contributed by atoms with E-state index in [1.165, 1.54) is 12.1 Å². The summed E-state index contributed by atoms with van der Waals surface area (Å²) in [5, 5.41) is 0. The Hall–Kier alpha value is -0.610. The van der Waals surface area contributed by atoms with Gasteiger partial charge in [-0.25, -0.2) is 12.8 Å². The molecule has 0 heterocycles. The van der Waals surface area contributed by atoms with E-state index >= 15 is 0 Å². The van der Waals surface area contributed by atoms with E-state index in [4.69, 9.17) is 11.6 Å². The highest BCUT2D eigenvalue weighted by Crippen LogP contribution is 2.18. The molecule has 5 heteroatoms. The van der Waals surface area contributed by atoms with E-state index in [2.05, 4.69) is 0 Å². The smallest absolute Gasteiger partial charge is 0.178 e. The van der Waals surface area contributed by atoms with Gasteiger partial charge in [-0.3, -0.25) is 0 Å². The van der Waals surface area contributed by atoms with E-state index in [1.807, 2.05) is 0 Å². The van der Waals surface area contributed by atoms with Crippen LogP contribution in [-0.4, -0.2) is 20.1 Å². The predicted octanol–water partition coefficient (Wildman–Crippen LogP) is 2.54. The summed E-state index contributed by atoms with van der Waals surface area (Å²) in [5.74, 6) is -0.119. The molecule has 0 atom stereocenters. The van der Waals surface area contributed by atoms with Crippen LogP contribution in [0.3, 0.4) is 0 Å². The second-order valence-electron chi connectivity index (χ2n) is 3.27. The van der Waals surface area contributed by atoms with Crippen LogP contribution in [0.15, 0.2) is 23.1 Å². The second kappa shape index (κ2) is 4.94. The van der Waals surface area contributed by atoms with Gasteiger partial charge < -0.3 is 0 Å². The number of benzene rings is 1. The van der Waals surface area contributed by atoms with Crippen molar-refractivity contribution in [1.29, 1.82) is 0 Å². The van der Waals surface area contributed by atoms with Gasteiger partial charge in [-0.05, 0) is 37.1 Å². The molecule has 0 N–H and O–H groups in total. The van der Waals surface area contributed by atoms with Gasteiger partial charge in [0, 0.05) is 5.88 Å². The Labute approximate surface area is 94.0 Å². The molecular formula is C10H12ClFO2S. The Bertz CT molecular complexity index is 443. The van der Waals surface area contributed by atoms with E-state index in [-0.39, 0.29) is 10.6 Å². The fourth-order valence-electron chi connectivity index (χ4n) is 1.32. The summed E-state index contributed by atoms with van der Waals surface area (Å²) < 4.78 is 36.3. The molecule has 0 saturated heterocycles. The second-order valence-corrected chi connectivity index (χ2v) is 5.73. The van der Waals surface area contributed by atoms with Gasteiger partial charge in [-0.2, -0.15) is 0 Å². The number of hydrogen-bond acceptors (Lipinski definition) is 2. The van der Waals surface area contributed by atoms with Crippen LogP contribution < -0.4 is 0 Å². The van der Waals surface area contributed by atoms with Gasteiger partial charge in [0.1, 0.15) is 5.82 Å². The maximum atomic E-state index is 12.8. The van der Waals surface area contributed by atoms with E-state index < -0.39 is 15.7 Å². The SMILES string of the molecule is Cc1cc(F)ccc1S(=O)(=O)CCCCl. The molecule has 0 unspecified atom stereocenters. The third-order valence-corrected chi connectivity index (χ3v) is 4.24. The van der Waals surface area contributed by atoms with Crippen molar-refractivity contribution in [3.05, 3.63) is 29.6 Å². The predicted molar refractivity (Wildman–Crippen MR) is 58.5 cm³/mol. The average molecular weight is 251 g/mol. The first kappa shape index (κ1) is 12.5. The first-order chi connectivity index (χ1) is 6.97. The van der Waals surface area contributed by atoms with Gasteiger partial charge in [0.2, 0.25) is 0 Å². The number of hydrogen-bond donors (Lipinski definition) is 0. The third kappa shape index (κ3) is 3.18. The Morgan fingerprint density at radius 3 is 2.60 bits per heavy atom. The normalized spacial score (nSPS) is 11.7. The highest BCUT2D eigenvalue weighted by molar-refractivity contribution is 7.91. The van der Waals surface area contributed by atoms with Gasteiger partial charge in [0.05, 0.1) is 10.6 Å². The van der Waals surface area contributed by atoms with Gasteiger partial charge in [0.25, 0.3) is 0 Å². The standard InChI is InChI=1S/C10H12ClFO2S/c1-8-7-9(12)3-4-10(8)15(13,14)6-2-5-11/h3-4,7H,2,5-6H2,1H3. The molecule has 1 rings (SSSR count). The van der Waals surface area contributed by atoms with Crippen LogP contribution in [0, 0.1) is 12.7 Å². The number of alkyl halides is 1. The Morgan fingerprint density at radius 2 is 2.07 bits per heavy atom. The molecule has 84 valence electrons. The minimum atomic E-state index is -3.32. The molecule has 0 fully saturated rings. The fraction of sp³-hybridized carbons (Fsp3) is 0.400. The fourth-order valence-corrected chi connectivity index (χ4v) is 3.18. The molecule has 1 aromatic carbocycles. The average Bonchev–Trinajstić information content (AvgIpc) is 2.14. The van der Waals surface area contributed by atoms with E-state index in [0.29, 0.717) is 17.9 Å². The molecule has 2 nitrogen and oxygen atoms in total. The molecule has 1 aromatic rings. The van der Waals surface area contributed by atoms with Crippen molar-refractivity contribution >= 4 is 21.4 Å². The highest BCUT2D eigenvalue weighted by Gasteiger charge is 2.16. The van der Waals surface area contributed by atoms with E-state index in [9.17, 15) is 12.8 Å². The molecule has 0 aromatic heterocycles. The van der Waals surface area contributed by atoms with E-state index in [1.54, 1.807) is 6.92 Å². The summed E-state index contributed by atoms with van der Waals surface area (Å²) in [6.45, 7) is 1.58. The van der Waals surface area contributed by atoms with E-state index in [0.717, 1.165) is 6.07 Å². The quantitative estimate of drug-likeness (QED) is 0.608. The maximum absolute atomic E-state index is 12.8. The number of rotatable bonds is 4. The Balaban J connectivity index is 3.05. The van der Waals surface area contributed by atoms with Crippen molar-refractivity contribution in [1.82, 2.24) is 0 Å². The lowest BCUT2D eigenvalue weighted by molar-refractivity contribution is 0.592. The largest absolute Gasteiger partial charge is 0.224 e. The first-order valence-electron chi connectivity index (χ1n) is 4.52. The lowest BCUT2D eigenvalue weighted by Crippen LogP contribution is -2.09. The van der Waals surface area contributed by atoms with Gasteiger partial charge in [0.15, 0.2) is 9.84 Å². The van der Waals surface area contributed by atoms with Gasteiger partial charge >= 0.3 is 0 Å². The molecule has 0 aliphatic carbocycles. The lowest BCUT2D eigenvalue weighted by atomic mass is 10.2. The molecule has 0 aliphatic heterocycles. The van der Waals surface area contributed by atoms with Crippen molar-refractivity contribution in [2.75, 3.05) is 11.6 Å². The van der Waals surface area contributed by atoms with Crippen LogP contribution in [0.4, 0.5) is 4.39 Å².